The molecule has 0 radical (unpaired) electrons. The number of halogens is 1. The third kappa shape index (κ3) is 1.64. The van der Waals surface area contributed by atoms with E-state index in [2.05, 4.69) is 52.5 Å². The highest BCUT2D eigenvalue weighted by molar-refractivity contribution is 9.09. The molecule has 2 heteroatoms. The molecular weight excluding hydrogens is 268 g/mol. The Kier molecular flexibility index (Phi) is 2.37. The van der Waals surface area contributed by atoms with Crippen molar-refractivity contribution in [1.29, 1.82) is 0 Å². The standard InChI is InChI=1S/C13H13BrS/c1-8-6-10(8)13(14)11-7-15-12-5-3-2-4-9(11)12/h2-5,7-8,10,13H,6H2,1H3. The van der Waals surface area contributed by atoms with E-state index in [1.165, 1.54) is 22.1 Å². The fraction of sp³-hybridized carbons (Fsp3) is 0.385. The summed E-state index contributed by atoms with van der Waals surface area (Å²) in [6.45, 7) is 2.34. The fourth-order valence-electron chi connectivity index (χ4n) is 2.20. The van der Waals surface area contributed by atoms with Crippen LogP contribution in [0.2, 0.25) is 0 Å². The van der Waals surface area contributed by atoms with Crippen molar-refractivity contribution in [3.8, 4) is 0 Å². The largest absolute Gasteiger partial charge is 0.143 e. The molecular formula is C13H13BrS. The minimum atomic E-state index is 0.559. The lowest BCUT2D eigenvalue weighted by Crippen LogP contribution is -1.91. The lowest BCUT2D eigenvalue weighted by atomic mass is 10.1. The van der Waals surface area contributed by atoms with Gasteiger partial charge in [-0.25, -0.2) is 0 Å². The molecule has 3 atom stereocenters. The van der Waals surface area contributed by atoms with Crippen molar-refractivity contribution in [3.63, 3.8) is 0 Å². The maximum absolute atomic E-state index is 3.86. The summed E-state index contributed by atoms with van der Waals surface area (Å²) < 4.78 is 1.41. The van der Waals surface area contributed by atoms with Gasteiger partial charge in [-0.3, -0.25) is 0 Å². The molecule has 1 aromatic carbocycles. The van der Waals surface area contributed by atoms with E-state index in [1.807, 2.05) is 11.3 Å². The van der Waals surface area contributed by atoms with Crippen molar-refractivity contribution in [2.45, 2.75) is 18.2 Å². The van der Waals surface area contributed by atoms with Gasteiger partial charge in [-0.1, -0.05) is 41.1 Å². The lowest BCUT2D eigenvalue weighted by molar-refractivity contribution is 0.745. The monoisotopic (exact) mass is 280 g/mol. The quantitative estimate of drug-likeness (QED) is 0.680. The predicted octanol–water partition coefficient (Wildman–Crippen LogP) is 4.99. The summed E-state index contributed by atoms with van der Waals surface area (Å²) in [6, 6.07) is 8.70. The van der Waals surface area contributed by atoms with E-state index in [1.54, 1.807) is 0 Å². The minimum absolute atomic E-state index is 0.559. The van der Waals surface area contributed by atoms with Crippen LogP contribution in [0.15, 0.2) is 29.6 Å². The second kappa shape index (κ2) is 3.60. The first-order valence-electron chi connectivity index (χ1n) is 5.37. The van der Waals surface area contributed by atoms with Crippen LogP contribution in [0.25, 0.3) is 10.1 Å². The van der Waals surface area contributed by atoms with Gasteiger partial charge in [0.25, 0.3) is 0 Å². The van der Waals surface area contributed by atoms with E-state index in [0.29, 0.717) is 4.83 Å². The molecule has 15 heavy (non-hydrogen) atoms. The minimum Gasteiger partial charge on any atom is -0.143 e. The first kappa shape index (κ1) is 9.86. The number of rotatable bonds is 2. The van der Waals surface area contributed by atoms with Crippen LogP contribution in [0.1, 0.15) is 23.7 Å². The first-order chi connectivity index (χ1) is 7.27. The Bertz CT molecular complexity index is 488. The molecule has 0 spiro atoms. The van der Waals surface area contributed by atoms with Crippen molar-refractivity contribution in [2.24, 2.45) is 11.8 Å². The maximum Gasteiger partial charge on any atom is 0.0440 e. The summed E-state index contributed by atoms with van der Waals surface area (Å²) in [7, 11) is 0. The Morgan fingerprint density at radius 2 is 2.13 bits per heavy atom. The predicted molar refractivity (Wildman–Crippen MR) is 70.8 cm³/mol. The zero-order valence-electron chi connectivity index (χ0n) is 8.61. The SMILES string of the molecule is CC1CC1C(Br)c1csc2ccccc12. The highest BCUT2D eigenvalue weighted by atomic mass is 79.9. The molecule has 78 valence electrons. The molecule has 1 aliphatic carbocycles. The summed E-state index contributed by atoms with van der Waals surface area (Å²) in [5, 5.41) is 3.75. The Hall–Kier alpha value is -0.340. The van der Waals surface area contributed by atoms with Crippen molar-refractivity contribution in [3.05, 3.63) is 35.2 Å². The molecule has 2 aromatic rings. The van der Waals surface area contributed by atoms with Crippen molar-refractivity contribution in [1.82, 2.24) is 0 Å². The molecule has 0 nitrogen and oxygen atoms in total. The van der Waals surface area contributed by atoms with Crippen LogP contribution in [0.3, 0.4) is 0 Å². The topological polar surface area (TPSA) is 0 Å². The van der Waals surface area contributed by atoms with Gasteiger partial charge in [-0.15, -0.1) is 11.3 Å². The van der Waals surface area contributed by atoms with Crippen LogP contribution >= 0.6 is 27.3 Å². The number of thiophene rings is 1. The van der Waals surface area contributed by atoms with E-state index in [-0.39, 0.29) is 0 Å². The molecule has 0 saturated heterocycles. The van der Waals surface area contributed by atoms with Crippen LogP contribution in [-0.2, 0) is 0 Å². The molecule has 0 bridgehead atoms. The Labute approximate surface area is 102 Å². The van der Waals surface area contributed by atoms with E-state index >= 15 is 0 Å². The van der Waals surface area contributed by atoms with Crippen molar-refractivity contribution < 1.29 is 0 Å². The fourth-order valence-corrected chi connectivity index (χ4v) is 4.49. The molecule has 3 rings (SSSR count). The molecule has 1 aromatic heterocycles. The summed E-state index contributed by atoms with van der Waals surface area (Å²) in [5.41, 5.74) is 1.49. The summed E-state index contributed by atoms with van der Waals surface area (Å²) >= 11 is 5.72. The number of alkyl halides is 1. The molecule has 1 saturated carbocycles. The smallest absolute Gasteiger partial charge is 0.0440 e. The average Bonchev–Trinajstić information content (AvgIpc) is 2.83. The van der Waals surface area contributed by atoms with Gasteiger partial charge in [0.1, 0.15) is 0 Å². The molecule has 0 aliphatic heterocycles. The molecule has 3 unspecified atom stereocenters. The molecule has 1 aliphatic rings. The zero-order valence-corrected chi connectivity index (χ0v) is 11.0. The van der Waals surface area contributed by atoms with E-state index < -0.39 is 0 Å². The van der Waals surface area contributed by atoms with Gasteiger partial charge in [0, 0.05) is 9.53 Å². The van der Waals surface area contributed by atoms with Gasteiger partial charge in [0.05, 0.1) is 0 Å². The molecule has 0 amide bonds. The Morgan fingerprint density at radius 1 is 1.40 bits per heavy atom. The zero-order chi connectivity index (χ0) is 10.4. The van der Waals surface area contributed by atoms with Crippen LogP contribution in [-0.4, -0.2) is 0 Å². The normalized spacial score (nSPS) is 26.8. The van der Waals surface area contributed by atoms with Gasteiger partial charge >= 0.3 is 0 Å². The van der Waals surface area contributed by atoms with E-state index in [0.717, 1.165) is 11.8 Å². The van der Waals surface area contributed by atoms with Crippen LogP contribution < -0.4 is 0 Å². The third-order valence-corrected chi connectivity index (χ3v) is 5.51. The summed E-state index contributed by atoms with van der Waals surface area (Å²) in [5.74, 6) is 1.75. The highest BCUT2D eigenvalue weighted by Gasteiger charge is 2.39. The van der Waals surface area contributed by atoms with Crippen LogP contribution in [0, 0.1) is 11.8 Å². The van der Waals surface area contributed by atoms with Gasteiger partial charge in [-0.2, -0.15) is 0 Å². The van der Waals surface area contributed by atoms with Crippen LogP contribution in [0.5, 0.6) is 0 Å². The van der Waals surface area contributed by atoms with Gasteiger partial charge in [0.2, 0.25) is 0 Å². The Morgan fingerprint density at radius 3 is 2.87 bits per heavy atom. The van der Waals surface area contributed by atoms with Gasteiger partial charge < -0.3 is 0 Å². The second-order valence-corrected chi connectivity index (χ2v) is 6.36. The Balaban J connectivity index is 2.03. The number of hydrogen-bond donors (Lipinski definition) is 0. The third-order valence-electron chi connectivity index (χ3n) is 3.36. The average molecular weight is 281 g/mol. The first-order valence-corrected chi connectivity index (χ1v) is 7.17. The highest BCUT2D eigenvalue weighted by Crippen LogP contribution is 2.53. The summed E-state index contributed by atoms with van der Waals surface area (Å²) in [4.78, 5) is 0.559. The molecule has 0 N–H and O–H groups in total. The van der Waals surface area contributed by atoms with Crippen LogP contribution in [0.4, 0.5) is 0 Å². The number of fused-ring (bicyclic) bond motifs is 1. The molecule has 1 fully saturated rings. The summed E-state index contributed by atoms with van der Waals surface area (Å²) in [6.07, 6.45) is 1.38. The van der Waals surface area contributed by atoms with E-state index in [4.69, 9.17) is 0 Å². The van der Waals surface area contributed by atoms with Crippen molar-refractivity contribution >= 4 is 37.4 Å². The van der Waals surface area contributed by atoms with Gasteiger partial charge in [-0.05, 0) is 40.7 Å². The number of hydrogen-bond acceptors (Lipinski definition) is 1. The lowest BCUT2D eigenvalue weighted by Gasteiger charge is -2.07. The second-order valence-electron chi connectivity index (χ2n) is 4.47. The van der Waals surface area contributed by atoms with E-state index in [9.17, 15) is 0 Å². The number of benzene rings is 1. The molecule has 1 heterocycles. The maximum atomic E-state index is 3.86. The van der Waals surface area contributed by atoms with Crippen molar-refractivity contribution in [2.75, 3.05) is 0 Å². The van der Waals surface area contributed by atoms with Gasteiger partial charge in [0.15, 0.2) is 0 Å².